The highest BCUT2D eigenvalue weighted by Crippen LogP contribution is 2.39. The average molecular weight is 231 g/mol. The summed E-state index contributed by atoms with van der Waals surface area (Å²) >= 11 is 0. The minimum Gasteiger partial charge on any atom is -0.394 e. The molecule has 5 heteroatoms. The van der Waals surface area contributed by atoms with Gasteiger partial charge in [0.1, 0.15) is 0 Å². The summed E-state index contributed by atoms with van der Waals surface area (Å²) in [5.41, 5.74) is 8.19. The first-order valence-corrected chi connectivity index (χ1v) is 5.57. The summed E-state index contributed by atoms with van der Waals surface area (Å²) in [6.45, 7) is -0.180. The topological polar surface area (TPSA) is 85.2 Å². The second-order valence-corrected chi connectivity index (χ2v) is 4.24. The van der Waals surface area contributed by atoms with Crippen molar-refractivity contribution in [3.63, 3.8) is 0 Å². The van der Waals surface area contributed by atoms with E-state index in [9.17, 15) is 0 Å². The molecule has 0 saturated heterocycles. The quantitative estimate of drug-likeness (QED) is 0.814. The lowest BCUT2D eigenvalue weighted by atomic mass is 9.77. The second kappa shape index (κ2) is 3.94. The Hall–Kier alpha value is -1.72. The normalized spacial score (nSPS) is 19.5. The molecule has 5 nitrogen and oxygen atoms in total. The summed E-state index contributed by atoms with van der Waals surface area (Å²) < 4.78 is 5.20. The monoisotopic (exact) mass is 231 g/mol. The van der Waals surface area contributed by atoms with Gasteiger partial charge in [0.25, 0.3) is 0 Å². The maximum Gasteiger partial charge on any atom is 0.234 e. The Labute approximate surface area is 98.3 Å². The summed E-state index contributed by atoms with van der Waals surface area (Å²) in [5.74, 6) is 1.13. The first-order chi connectivity index (χ1) is 8.29. The van der Waals surface area contributed by atoms with Gasteiger partial charge in [-0.25, -0.2) is 0 Å². The number of rotatable bonds is 3. The largest absolute Gasteiger partial charge is 0.394 e. The highest BCUT2D eigenvalue weighted by molar-refractivity contribution is 5.43. The van der Waals surface area contributed by atoms with E-state index in [-0.39, 0.29) is 12.5 Å². The Morgan fingerprint density at radius 3 is 3.06 bits per heavy atom. The lowest BCUT2D eigenvalue weighted by molar-refractivity contribution is 0.259. The fourth-order valence-electron chi connectivity index (χ4n) is 2.10. The van der Waals surface area contributed by atoms with Crippen LogP contribution in [0.1, 0.15) is 34.8 Å². The smallest absolute Gasteiger partial charge is 0.234 e. The van der Waals surface area contributed by atoms with E-state index in [0.29, 0.717) is 11.7 Å². The Morgan fingerprint density at radius 2 is 2.29 bits per heavy atom. The number of aliphatic hydroxyl groups excluding tert-OH is 1. The van der Waals surface area contributed by atoms with E-state index in [2.05, 4.69) is 22.3 Å². The first-order valence-electron chi connectivity index (χ1n) is 5.57. The van der Waals surface area contributed by atoms with Crippen molar-refractivity contribution in [3.8, 4) is 0 Å². The molecule has 88 valence electrons. The molecule has 0 radical (unpaired) electrons. The van der Waals surface area contributed by atoms with Crippen molar-refractivity contribution >= 4 is 0 Å². The van der Waals surface area contributed by atoms with Crippen LogP contribution in [0.5, 0.6) is 0 Å². The zero-order valence-electron chi connectivity index (χ0n) is 9.21. The Balaban J connectivity index is 1.86. The molecule has 2 unspecified atom stereocenters. The van der Waals surface area contributed by atoms with Crippen LogP contribution in [0.25, 0.3) is 0 Å². The molecule has 0 bridgehead atoms. The fourth-order valence-corrected chi connectivity index (χ4v) is 2.10. The van der Waals surface area contributed by atoms with Crippen molar-refractivity contribution in [3.05, 3.63) is 47.1 Å². The number of nitrogens with zero attached hydrogens (tertiary/aromatic N) is 2. The van der Waals surface area contributed by atoms with Crippen LogP contribution >= 0.6 is 0 Å². The number of nitrogens with two attached hydrogens (primary N) is 1. The predicted octanol–water partition coefficient (Wildman–Crippen LogP) is 0.750. The molecule has 0 saturated carbocycles. The number of aromatic nitrogens is 2. The van der Waals surface area contributed by atoms with E-state index in [0.717, 1.165) is 6.42 Å². The van der Waals surface area contributed by atoms with Crippen molar-refractivity contribution in [1.29, 1.82) is 0 Å². The van der Waals surface area contributed by atoms with Gasteiger partial charge in [-0.1, -0.05) is 29.4 Å². The summed E-state index contributed by atoms with van der Waals surface area (Å²) in [4.78, 5) is 4.24. The van der Waals surface area contributed by atoms with E-state index in [1.165, 1.54) is 11.1 Å². The van der Waals surface area contributed by atoms with Gasteiger partial charge in [0, 0.05) is 0 Å². The predicted molar refractivity (Wildman–Crippen MR) is 60.3 cm³/mol. The van der Waals surface area contributed by atoms with E-state index in [1.807, 2.05) is 12.1 Å². The molecular formula is C12H13N3O2. The molecule has 0 amide bonds. The van der Waals surface area contributed by atoms with Crippen LogP contribution in [-0.2, 0) is 6.42 Å². The number of hydrogen-bond acceptors (Lipinski definition) is 5. The Bertz CT molecular complexity index is 538. The maximum atomic E-state index is 8.92. The molecule has 1 aromatic heterocycles. The standard InChI is InChI=1S/C12H13N3O2/c13-10(6-16)11-14-12(17-15-11)9-5-7-3-1-2-4-8(7)9/h1-4,9-10,16H,5-6,13H2. The van der Waals surface area contributed by atoms with Crippen molar-refractivity contribution in [2.24, 2.45) is 5.73 Å². The highest BCUT2D eigenvalue weighted by atomic mass is 16.5. The van der Waals surface area contributed by atoms with E-state index in [1.54, 1.807) is 0 Å². The third-order valence-corrected chi connectivity index (χ3v) is 3.14. The summed E-state index contributed by atoms with van der Waals surface area (Å²) in [7, 11) is 0. The van der Waals surface area contributed by atoms with Gasteiger partial charge in [-0.15, -0.1) is 0 Å². The molecule has 2 aromatic rings. The molecule has 0 spiro atoms. The van der Waals surface area contributed by atoms with E-state index < -0.39 is 6.04 Å². The van der Waals surface area contributed by atoms with E-state index >= 15 is 0 Å². The minimum atomic E-state index is -0.567. The summed E-state index contributed by atoms with van der Waals surface area (Å²) in [6, 6.07) is 7.63. The van der Waals surface area contributed by atoms with Gasteiger partial charge in [-0.05, 0) is 17.5 Å². The van der Waals surface area contributed by atoms with Crippen molar-refractivity contribution in [2.75, 3.05) is 6.61 Å². The van der Waals surface area contributed by atoms with Crippen LogP contribution in [0.2, 0.25) is 0 Å². The van der Waals surface area contributed by atoms with Gasteiger partial charge in [0.15, 0.2) is 5.82 Å². The SMILES string of the molecule is NC(CO)c1noc(C2Cc3ccccc32)n1. The van der Waals surface area contributed by atoms with Crippen LogP contribution in [0.15, 0.2) is 28.8 Å². The third-order valence-electron chi connectivity index (χ3n) is 3.14. The molecule has 17 heavy (non-hydrogen) atoms. The van der Waals surface area contributed by atoms with Crippen LogP contribution in [0.3, 0.4) is 0 Å². The molecule has 1 aromatic carbocycles. The van der Waals surface area contributed by atoms with E-state index in [4.69, 9.17) is 15.4 Å². The van der Waals surface area contributed by atoms with Crippen LogP contribution in [0.4, 0.5) is 0 Å². The van der Waals surface area contributed by atoms with Gasteiger partial charge in [-0.2, -0.15) is 4.98 Å². The van der Waals surface area contributed by atoms with Crippen LogP contribution in [0, 0.1) is 0 Å². The fraction of sp³-hybridized carbons (Fsp3) is 0.333. The van der Waals surface area contributed by atoms with Crippen LogP contribution in [-0.4, -0.2) is 21.9 Å². The van der Waals surface area contributed by atoms with Gasteiger partial charge in [-0.3, -0.25) is 0 Å². The Kier molecular flexibility index (Phi) is 2.42. The molecule has 2 atom stereocenters. The average Bonchev–Trinajstić information content (AvgIpc) is 2.79. The maximum absolute atomic E-state index is 8.92. The van der Waals surface area contributed by atoms with Crippen LogP contribution < -0.4 is 5.73 Å². The minimum absolute atomic E-state index is 0.179. The van der Waals surface area contributed by atoms with Crippen molar-refractivity contribution < 1.29 is 9.63 Å². The molecular weight excluding hydrogens is 218 g/mol. The molecule has 1 heterocycles. The number of hydrogen-bond donors (Lipinski definition) is 2. The third kappa shape index (κ3) is 1.64. The van der Waals surface area contributed by atoms with Gasteiger partial charge in [0.05, 0.1) is 18.6 Å². The lowest BCUT2D eigenvalue weighted by Crippen LogP contribution is -2.19. The zero-order valence-corrected chi connectivity index (χ0v) is 9.21. The lowest BCUT2D eigenvalue weighted by Gasteiger charge is -2.26. The van der Waals surface area contributed by atoms with Crippen molar-refractivity contribution in [2.45, 2.75) is 18.4 Å². The Morgan fingerprint density at radius 1 is 1.47 bits per heavy atom. The number of benzene rings is 1. The molecule has 1 aliphatic carbocycles. The van der Waals surface area contributed by atoms with Gasteiger partial charge < -0.3 is 15.4 Å². The molecule has 3 N–H and O–H groups in total. The second-order valence-electron chi connectivity index (χ2n) is 4.24. The number of fused-ring (bicyclic) bond motifs is 1. The zero-order chi connectivity index (χ0) is 11.8. The molecule has 1 aliphatic rings. The summed E-state index contributed by atoms with van der Waals surface area (Å²) in [5, 5.41) is 12.7. The van der Waals surface area contributed by atoms with Crippen molar-refractivity contribution in [1.82, 2.24) is 10.1 Å². The molecule has 0 aliphatic heterocycles. The molecule has 0 fully saturated rings. The first kappa shape index (κ1) is 10.4. The molecule has 3 rings (SSSR count). The van der Waals surface area contributed by atoms with Gasteiger partial charge in [0.2, 0.25) is 5.89 Å². The number of aliphatic hydroxyl groups is 1. The highest BCUT2D eigenvalue weighted by Gasteiger charge is 2.32. The summed E-state index contributed by atoms with van der Waals surface area (Å²) in [6.07, 6.45) is 0.923. The van der Waals surface area contributed by atoms with Gasteiger partial charge >= 0.3 is 0 Å².